The van der Waals surface area contributed by atoms with Crippen LogP contribution in [0, 0.1) is 11.3 Å². The summed E-state index contributed by atoms with van der Waals surface area (Å²) in [7, 11) is 0. The van der Waals surface area contributed by atoms with Crippen molar-refractivity contribution in [1.82, 2.24) is 5.32 Å². The van der Waals surface area contributed by atoms with E-state index in [4.69, 9.17) is 5.41 Å². The number of alkyl halides is 2. The number of rotatable bonds is 4. The number of nitrogens with one attached hydrogen (secondary N) is 2. The van der Waals surface area contributed by atoms with Crippen molar-refractivity contribution in [3.63, 3.8) is 0 Å². The first-order valence-electron chi connectivity index (χ1n) is 3.33. The fraction of sp³-hybridized carbons (Fsp3) is 0.571. The molecule has 0 fully saturated rings. The van der Waals surface area contributed by atoms with Crippen molar-refractivity contribution in [3.05, 3.63) is 12.3 Å². The highest BCUT2D eigenvalue weighted by molar-refractivity contribution is 5.93. The van der Waals surface area contributed by atoms with Crippen molar-refractivity contribution < 1.29 is 8.78 Å². The van der Waals surface area contributed by atoms with E-state index in [2.05, 4.69) is 0 Å². The molecule has 0 bridgehead atoms. The smallest absolute Gasteiger partial charge is 0.312 e. The Kier molecular flexibility index (Phi) is 4.41. The fourth-order valence-electron chi connectivity index (χ4n) is 0.403. The molecule has 64 valence electrons. The predicted molar refractivity (Wildman–Crippen MR) is 40.8 cm³/mol. The lowest BCUT2D eigenvalue weighted by molar-refractivity contribution is 0.125. The fourth-order valence-corrected chi connectivity index (χ4v) is 0.403. The molecule has 11 heavy (non-hydrogen) atoms. The minimum Gasteiger partial charge on any atom is -0.336 e. The van der Waals surface area contributed by atoms with Gasteiger partial charge in [0.2, 0.25) is 0 Å². The van der Waals surface area contributed by atoms with Gasteiger partial charge in [0.1, 0.15) is 0 Å². The van der Waals surface area contributed by atoms with Crippen molar-refractivity contribution >= 4 is 5.71 Å². The van der Waals surface area contributed by atoms with Crippen LogP contribution in [0.4, 0.5) is 8.78 Å². The van der Waals surface area contributed by atoms with Gasteiger partial charge in [0, 0.05) is 11.9 Å². The molecular formula is C7H12F2N2. The quantitative estimate of drug-likeness (QED) is 0.481. The Morgan fingerprint density at radius 2 is 2.00 bits per heavy atom. The van der Waals surface area contributed by atoms with Gasteiger partial charge in [-0.3, -0.25) is 0 Å². The molecule has 0 atom stereocenters. The van der Waals surface area contributed by atoms with Crippen molar-refractivity contribution in [1.29, 1.82) is 5.41 Å². The second kappa shape index (κ2) is 4.82. The molecule has 4 heteroatoms. The summed E-state index contributed by atoms with van der Waals surface area (Å²) in [5, 5.41) is 8.99. The topological polar surface area (TPSA) is 35.9 Å². The van der Waals surface area contributed by atoms with E-state index in [1.165, 1.54) is 6.08 Å². The first-order valence-corrected chi connectivity index (χ1v) is 3.33. The van der Waals surface area contributed by atoms with E-state index in [9.17, 15) is 8.78 Å². The van der Waals surface area contributed by atoms with Gasteiger partial charge in [-0.25, -0.2) is 0 Å². The van der Waals surface area contributed by atoms with Gasteiger partial charge in [0.05, 0.1) is 0 Å². The summed E-state index contributed by atoms with van der Waals surface area (Å²) in [6.45, 7) is 1.11. The zero-order chi connectivity index (χ0) is 8.85. The van der Waals surface area contributed by atoms with Crippen LogP contribution >= 0.6 is 0 Å². The third-order valence-electron chi connectivity index (χ3n) is 1.11. The predicted octanol–water partition coefficient (Wildman–Crippen LogP) is 1.99. The third-order valence-corrected chi connectivity index (χ3v) is 1.11. The first-order chi connectivity index (χ1) is 5.04. The largest absolute Gasteiger partial charge is 0.336 e. The Morgan fingerprint density at radius 1 is 1.45 bits per heavy atom. The molecule has 0 radical (unpaired) electrons. The average molecular weight is 162 g/mol. The zero-order valence-electron chi connectivity index (χ0n) is 6.57. The van der Waals surface area contributed by atoms with Crippen molar-refractivity contribution in [2.75, 3.05) is 0 Å². The van der Waals surface area contributed by atoms with Crippen LogP contribution in [0.3, 0.4) is 0 Å². The maximum atomic E-state index is 11.5. The summed E-state index contributed by atoms with van der Waals surface area (Å²) in [6, 6.07) is 0. The molecule has 0 heterocycles. The molecule has 2 N–H and O–H groups in total. The van der Waals surface area contributed by atoms with Crippen molar-refractivity contribution in [2.24, 2.45) is 5.92 Å². The first kappa shape index (κ1) is 10.1. The van der Waals surface area contributed by atoms with Crippen LogP contribution in [0.2, 0.25) is 0 Å². The van der Waals surface area contributed by atoms with Crippen molar-refractivity contribution in [3.8, 4) is 0 Å². The lowest BCUT2D eigenvalue weighted by Crippen LogP contribution is -2.13. The minimum absolute atomic E-state index is 0.0747. The van der Waals surface area contributed by atoms with Gasteiger partial charge in [-0.1, -0.05) is 13.8 Å². The molecule has 0 aliphatic heterocycles. The Morgan fingerprint density at radius 3 is 2.36 bits per heavy atom. The lowest BCUT2D eigenvalue weighted by Gasteiger charge is -2.01. The molecule has 0 aliphatic rings. The zero-order valence-corrected chi connectivity index (χ0v) is 6.57. The highest BCUT2D eigenvalue weighted by Gasteiger charge is 1.97. The maximum Gasteiger partial charge on any atom is 0.312 e. The molecule has 0 aliphatic carbocycles. The van der Waals surface area contributed by atoms with Gasteiger partial charge in [0.25, 0.3) is 0 Å². The van der Waals surface area contributed by atoms with E-state index in [0.29, 0.717) is 5.71 Å². The van der Waals surface area contributed by atoms with Gasteiger partial charge in [-0.15, -0.1) is 0 Å². The van der Waals surface area contributed by atoms with E-state index < -0.39 is 6.55 Å². The summed E-state index contributed by atoms with van der Waals surface area (Å²) in [4.78, 5) is 0. The lowest BCUT2D eigenvalue weighted by atomic mass is 10.1. The molecule has 0 spiro atoms. The molecule has 0 rings (SSSR count). The van der Waals surface area contributed by atoms with Gasteiger partial charge in [-0.2, -0.15) is 8.78 Å². The number of hydrogen-bond acceptors (Lipinski definition) is 2. The second-order valence-corrected chi connectivity index (χ2v) is 2.41. The molecule has 0 aromatic carbocycles. The van der Waals surface area contributed by atoms with Gasteiger partial charge in [0.15, 0.2) is 0 Å². The number of halogens is 2. The van der Waals surface area contributed by atoms with E-state index in [1.807, 2.05) is 13.8 Å². The minimum atomic E-state index is -2.55. The summed E-state index contributed by atoms with van der Waals surface area (Å²) in [6.07, 6.45) is 2.42. The number of allylic oxidation sites excluding steroid dienone is 1. The molecule has 0 unspecified atom stereocenters. The Balaban J connectivity index is 3.66. The van der Waals surface area contributed by atoms with Crippen LogP contribution in [0.15, 0.2) is 12.3 Å². The molecule has 2 nitrogen and oxygen atoms in total. The second-order valence-electron chi connectivity index (χ2n) is 2.41. The van der Waals surface area contributed by atoms with E-state index in [0.717, 1.165) is 6.20 Å². The normalized spacial score (nSPS) is 11.5. The highest BCUT2D eigenvalue weighted by Crippen LogP contribution is 1.95. The average Bonchev–Trinajstić information content (AvgIpc) is 1.86. The van der Waals surface area contributed by atoms with Crippen LogP contribution in [0.1, 0.15) is 13.8 Å². The van der Waals surface area contributed by atoms with E-state index in [-0.39, 0.29) is 5.92 Å². The van der Waals surface area contributed by atoms with Crippen LogP contribution in [0.5, 0.6) is 0 Å². The molecule has 0 saturated carbocycles. The summed E-state index contributed by atoms with van der Waals surface area (Å²) >= 11 is 0. The molecule has 0 aromatic heterocycles. The van der Waals surface area contributed by atoms with Gasteiger partial charge in [-0.05, 0) is 12.0 Å². The van der Waals surface area contributed by atoms with E-state index >= 15 is 0 Å². The van der Waals surface area contributed by atoms with E-state index in [1.54, 1.807) is 5.32 Å². The molecule has 0 saturated heterocycles. The summed E-state index contributed by atoms with van der Waals surface area (Å²) in [5.41, 5.74) is 0.332. The molecule has 0 amide bonds. The van der Waals surface area contributed by atoms with Gasteiger partial charge >= 0.3 is 6.55 Å². The Bertz CT molecular complexity index is 153. The van der Waals surface area contributed by atoms with Crippen molar-refractivity contribution in [2.45, 2.75) is 20.4 Å². The Hall–Kier alpha value is -0.930. The monoisotopic (exact) mass is 162 g/mol. The maximum absolute atomic E-state index is 11.5. The van der Waals surface area contributed by atoms with Gasteiger partial charge < -0.3 is 10.7 Å². The third kappa shape index (κ3) is 5.51. The highest BCUT2D eigenvalue weighted by atomic mass is 19.3. The summed E-state index contributed by atoms with van der Waals surface area (Å²) < 4.78 is 22.9. The molecule has 0 aromatic rings. The summed E-state index contributed by atoms with van der Waals surface area (Å²) in [5.74, 6) is 0.0747. The number of hydrogen-bond donors (Lipinski definition) is 2. The van der Waals surface area contributed by atoms with Crippen LogP contribution in [-0.2, 0) is 0 Å². The molecular weight excluding hydrogens is 150 g/mol. The standard InChI is InChI=1S/C7H12F2N2/c1-5(2)6(10)3-4-11-7(8)9/h3-5,7,10-11H,1-2H3/b4-3-,10-6?. The van der Waals surface area contributed by atoms with Crippen LogP contribution in [-0.4, -0.2) is 12.3 Å². The Labute approximate surface area is 64.8 Å². The van der Waals surface area contributed by atoms with Crippen LogP contribution in [0.25, 0.3) is 0 Å². The van der Waals surface area contributed by atoms with Crippen LogP contribution < -0.4 is 5.32 Å². The SMILES string of the molecule is CC(C)C(=N)/C=C\NC(F)F.